The Morgan fingerprint density at radius 3 is 2.81 bits per heavy atom. The van der Waals surface area contributed by atoms with E-state index in [2.05, 4.69) is 10.4 Å². The van der Waals surface area contributed by atoms with Crippen molar-refractivity contribution in [3.05, 3.63) is 18.0 Å². The Morgan fingerprint density at radius 1 is 1.57 bits per heavy atom. The lowest BCUT2D eigenvalue weighted by Gasteiger charge is -2.34. The fraction of sp³-hybridized carbons (Fsp3) is 0.643. The molecule has 1 saturated carbocycles. The molecule has 7 nitrogen and oxygen atoms in total. The van der Waals surface area contributed by atoms with E-state index in [1.165, 1.54) is 10.9 Å². The van der Waals surface area contributed by atoms with Crippen LogP contribution in [0.4, 0.5) is 0 Å². The van der Waals surface area contributed by atoms with E-state index >= 15 is 0 Å². The number of carbonyl (C=O) groups excluding carboxylic acids is 1. The first-order valence-corrected chi connectivity index (χ1v) is 7.12. The van der Waals surface area contributed by atoms with Gasteiger partial charge in [0.2, 0.25) is 5.91 Å². The summed E-state index contributed by atoms with van der Waals surface area (Å²) >= 11 is 0. The Morgan fingerprint density at radius 2 is 2.29 bits per heavy atom. The van der Waals surface area contributed by atoms with Crippen LogP contribution in [0.3, 0.4) is 0 Å². The van der Waals surface area contributed by atoms with Crippen LogP contribution in [0.2, 0.25) is 0 Å². The number of nitrogens with one attached hydrogen (secondary N) is 1. The van der Waals surface area contributed by atoms with Crippen molar-refractivity contribution < 1.29 is 19.4 Å². The molecule has 1 fully saturated rings. The molecule has 1 unspecified atom stereocenters. The molecule has 1 aliphatic rings. The number of aryl methyl sites for hydroxylation is 1. The molecule has 1 aromatic rings. The normalized spacial score (nSPS) is 22.4. The van der Waals surface area contributed by atoms with Crippen LogP contribution in [0.5, 0.6) is 0 Å². The molecule has 0 bridgehead atoms. The predicted molar refractivity (Wildman–Crippen MR) is 74.5 cm³/mol. The minimum absolute atomic E-state index is 0.244. The second-order valence-electron chi connectivity index (χ2n) is 5.41. The van der Waals surface area contributed by atoms with E-state index in [1.54, 1.807) is 13.2 Å². The van der Waals surface area contributed by atoms with Crippen molar-refractivity contribution in [2.45, 2.75) is 38.3 Å². The Bertz CT molecular complexity index is 508. The number of rotatable bonds is 7. The third-order valence-electron chi connectivity index (χ3n) is 3.68. The molecule has 2 N–H and O–H groups in total. The van der Waals surface area contributed by atoms with Crippen molar-refractivity contribution in [3.8, 4) is 0 Å². The monoisotopic (exact) mass is 295 g/mol. The van der Waals surface area contributed by atoms with Gasteiger partial charge in [-0.25, -0.2) is 4.79 Å². The van der Waals surface area contributed by atoms with Crippen molar-refractivity contribution in [1.29, 1.82) is 0 Å². The molecular formula is C14H21N3O4. The summed E-state index contributed by atoms with van der Waals surface area (Å²) in [6, 6.07) is -1.05. The highest BCUT2D eigenvalue weighted by molar-refractivity contribution is 5.84. The van der Waals surface area contributed by atoms with Gasteiger partial charge in [-0.3, -0.25) is 9.48 Å². The largest absolute Gasteiger partial charge is 0.479 e. The van der Waals surface area contributed by atoms with Crippen molar-refractivity contribution in [2.24, 2.45) is 13.0 Å². The van der Waals surface area contributed by atoms with E-state index in [-0.39, 0.29) is 17.9 Å². The number of carbonyl (C=O) groups is 2. The van der Waals surface area contributed by atoms with Gasteiger partial charge in [-0.05, 0) is 25.7 Å². The number of hydrogen-bond donors (Lipinski definition) is 2. The lowest BCUT2D eigenvalue weighted by Crippen LogP contribution is -2.38. The lowest BCUT2D eigenvalue weighted by molar-refractivity contribution is -0.142. The third kappa shape index (κ3) is 4.04. The van der Waals surface area contributed by atoms with Gasteiger partial charge in [0.1, 0.15) is 0 Å². The first-order valence-electron chi connectivity index (χ1n) is 7.12. The summed E-state index contributed by atoms with van der Waals surface area (Å²) in [6.45, 7) is 2.64. The number of ether oxygens (including phenoxy) is 1. The summed E-state index contributed by atoms with van der Waals surface area (Å²) in [6.07, 6.45) is 5.37. The van der Waals surface area contributed by atoms with Crippen molar-refractivity contribution >= 4 is 11.9 Å². The molecule has 21 heavy (non-hydrogen) atoms. The molecule has 1 amide bonds. The molecule has 1 atom stereocenters. The van der Waals surface area contributed by atoms with Crippen LogP contribution >= 0.6 is 0 Å². The predicted octanol–water partition coefficient (Wildman–Crippen LogP) is 0.867. The maximum atomic E-state index is 12.0. The van der Waals surface area contributed by atoms with Crippen molar-refractivity contribution in [1.82, 2.24) is 15.1 Å². The third-order valence-corrected chi connectivity index (χ3v) is 3.68. The first kappa shape index (κ1) is 15.5. The van der Waals surface area contributed by atoms with Gasteiger partial charge in [0.05, 0.1) is 12.3 Å². The van der Waals surface area contributed by atoms with Gasteiger partial charge in [0, 0.05) is 31.8 Å². The summed E-state index contributed by atoms with van der Waals surface area (Å²) in [5.41, 5.74) is 0.471. The van der Waals surface area contributed by atoms with Gasteiger partial charge >= 0.3 is 5.97 Å². The minimum Gasteiger partial charge on any atom is -0.479 e. The zero-order valence-corrected chi connectivity index (χ0v) is 12.3. The summed E-state index contributed by atoms with van der Waals surface area (Å²) < 4.78 is 6.95. The molecule has 116 valence electrons. The van der Waals surface area contributed by atoms with Gasteiger partial charge in [-0.1, -0.05) is 0 Å². The molecule has 0 spiro atoms. The lowest BCUT2D eigenvalue weighted by atomic mass is 9.80. The highest BCUT2D eigenvalue weighted by Gasteiger charge is 2.32. The molecule has 1 aliphatic carbocycles. The molecule has 1 aromatic heterocycles. The molecule has 0 aliphatic heterocycles. The highest BCUT2D eigenvalue weighted by Crippen LogP contribution is 2.32. The number of amides is 1. The quantitative estimate of drug-likeness (QED) is 0.778. The van der Waals surface area contributed by atoms with Crippen LogP contribution < -0.4 is 5.32 Å². The number of carboxylic acids is 1. The molecule has 1 heterocycles. The SMILES string of the molecule is CCOC1CC(CC(=O)NC(C(=O)O)c2cnn(C)c2)C1. The number of nitrogens with zero attached hydrogens (tertiary/aromatic N) is 2. The van der Waals surface area contributed by atoms with E-state index < -0.39 is 12.0 Å². The topological polar surface area (TPSA) is 93.4 Å². The van der Waals surface area contributed by atoms with Gasteiger partial charge < -0.3 is 15.2 Å². The fourth-order valence-electron chi connectivity index (χ4n) is 2.57. The molecule has 7 heteroatoms. The zero-order valence-electron chi connectivity index (χ0n) is 12.3. The fourth-order valence-corrected chi connectivity index (χ4v) is 2.57. The summed E-state index contributed by atoms with van der Waals surface area (Å²) in [5.74, 6) is -1.05. The number of aromatic nitrogens is 2. The Kier molecular flexibility index (Phi) is 4.95. The Labute approximate surface area is 123 Å². The molecule has 2 rings (SSSR count). The average molecular weight is 295 g/mol. The smallest absolute Gasteiger partial charge is 0.331 e. The maximum Gasteiger partial charge on any atom is 0.331 e. The highest BCUT2D eigenvalue weighted by atomic mass is 16.5. The van der Waals surface area contributed by atoms with Crippen LogP contribution in [-0.4, -0.2) is 39.5 Å². The number of carboxylic acid groups (broad SMARTS) is 1. The summed E-state index contributed by atoms with van der Waals surface area (Å²) in [7, 11) is 1.70. The van der Waals surface area contributed by atoms with Crippen molar-refractivity contribution in [2.75, 3.05) is 6.61 Å². The Balaban J connectivity index is 1.84. The van der Waals surface area contributed by atoms with Crippen LogP contribution in [0.1, 0.15) is 37.8 Å². The number of aliphatic carboxylic acids is 1. The summed E-state index contributed by atoms with van der Waals surface area (Å²) in [4.78, 5) is 23.2. The molecule has 0 aromatic carbocycles. The second kappa shape index (κ2) is 6.71. The second-order valence-corrected chi connectivity index (χ2v) is 5.41. The molecule has 0 saturated heterocycles. The van der Waals surface area contributed by atoms with E-state index in [1.807, 2.05) is 6.92 Å². The van der Waals surface area contributed by atoms with Crippen LogP contribution in [0.15, 0.2) is 12.4 Å². The number of hydrogen-bond acceptors (Lipinski definition) is 4. The molecular weight excluding hydrogens is 274 g/mol. The molecule has 0 radical (unpaired) electrons. The zero-order chi connectivity index (χ0) is 15.4. The minimum atomic E-state index is -1.09. The van der Waals surface area contributed by atoms with E-state index in [0.717, 1.165) is 12.8 Å². The van der Waals surface area contributed by atoms with E-state index in [0.29, 0.717) is 18.6 Å². The van der Waals surface area contributed by atoms with Crippen LogP contribution in [0, 0.1) is 5.92 Å². The summed E-state index contributed by atoms with van der Waals surface area (Å²) in [5, 5.41) is 15.7. The van der Waals surface area contributed by atoms with Gasteiger partial charge in [-0.2, -0.15) is 5.10 Å². The standard InChI is InChI=1S/C14H21N3O4/c1-3-21-11-4-9(5-11)6-12(18)16-13(14(19)20)10-7-15-17(2)8-10/h7-9,11,13H,3-6H2,1-2H3,(H,16,18)(H,19,20). The van der Waals surface area contributed by atoms with Gasteiger partial charge in [0.25, 0.3) is 0 Å². The Hall–Kier alpha value is -1.89. The van der Waals surface area contributed by atoms with E-state index in [9.17, 15) is 14.7 Å². The van der Waals surface area contributed by atoms with Crippen LogP contribution in [-0.2, 0) is 21.4 Å². The van der Waals surface area contributed by atoms with Crippen LogP contribution in [0.25, 0.3) is 0 Å². The van der Waals surface area contributed by atoms with E-state index in [4.69, 9.17) is 4.74 Å². The first-order chi connectivity index (χ1) is 9.99. The van der Waals surface area contributed by atoms with Gasteiger partial charge in [0.15, 0.2) is 6.04 Å². The van der Waals surface area contributed by atoms with Crippen molar-refractivity contribution in [3.63, 3.8) is 0 Å². The average Bonchev–Trinajstić information content (AvgIpc) is 2.79. The van der Waals surface area contributed by atoms with Gasteiger partial charge in [-0.15, -0.1) is 0 Å². The maximum absolute atomic E-state index is 12.0.